The summed E-state index contributed by atoms with van der Waals surface area (Å²) in [5, 5.41) is 20.1. The highest BCUT2D eigenvalue weighted by atomic mass is 16.5. The quantitative estimate of drug-likeness (QED) is 0.824. The maximum Gasteiger partial charge on any atom is 0.204 e. The van der Waals surface area contributed by atoms with E-state index in [0.717, 1.165) is 0 Å². The van der Waals surface area contributed by atoms with E-state index >= 15 is 0 Å². The Labute approximate surface area is 133 Å². The molecule has 2 aromatic carbocycles. The number of aryl methyl sites for hydroxylation is 1. The van der Waals surface area contributed by atoms with Crippen LogP contribution in [0.15, 0.2) is 24.3 Å². The summed E-state index contributed by atoms with van der Waals surface area (Å²) in [7, 11) is 4.34. The smallest absolute Gasteiger partial charge is 0.204 e. The summed E-state index contributed by atoms with van der Waals surface area (Å²) < 4.78 is 15.3. The number of ether oxygens (including phenoxy) is 3. The predicted octanol–water partition coefficient (Wildman–Crippen LogP) is 2.66. The molecule has 0 aliphatic carbocycles. The Balaban J connectivity index is 2.62. The second kappa shape index (κ2) is 6.48. The molecule has 0 aromatic heterocycles. The molecule has 0 heterocycles. The second-order valence-electron chi connectivity index (χ2n) is 4.89. The van der Waals surface area contributed by atoms with E-state index in [-0.39, 0.29) is 28.4 Å². The summed E-state index contributed by atoms with van der Waals surface area (Å²) >= 11 is 0. The molecule has 2 N–H and O–H groups in total. The molecule has 0 saturated carbocycles. The predicted molar refractivity (Wildman–Crippen MR) is 84.0 cm³/mol. The van der Waals surface area contributed by atoms with Crippen LogP contribution in [0.25, 0.3) is 0 Å². The molecule has 6 heteroatoms. The number of ketones is 1. The first kappa shape index (κ1) is 16.5. The van der Waals surface area contributed by atoms with Crippen LogP contribution in [-0.4, -0.2) is 37.3 Å². The number of phenols is 2. The number of benzene rings is 2. The minimum absolute atomic E-state index is 0.211. The molecular weight excluding hydrogens is 300 g/mol. The van der Waals surface area contributed by atoms with Crippen molar-refractivity contribution in [2.45, 2.75) is 6.92 Å². The average Bonchev–Trinajstić information content (AvgIpc) is 2.52. The van der Waals surface area contributed by atoms with Crippen molar-refractivity contribution in [1.29, 1.82) is 0 Å². The van der Waals surface area contributed by atoms with E-state index in [9.17, 15) is 15.0 Å². The molecule has 2 rings (SSSR count). The van der Waals surface area contributed by atoms with Gasteiger partial charge in [0.15, 0.2) is 0 Å². The SMILES string of the molecule is COc1cc(O)c(C(=O)c2c(C)cc(OC)cc2OC)c(O)c1. The molecule has 0 saturated heterocycles. The third-order valence-corrected chi connectivity index (χ3v) is 3.49. The number of phenolic OH excluding ortho intramolecular Hbond substituents is 2. The third-order valence-electron chi connectivity index (χ3n) is 3.49. The number of rotatable bonds is 5. The Morgan fingerprint density at radius 3 is 1.83 bits per heavy atom. The average molecular weight is 318 g/mol. The molecule has 23 heavy (non-hydrogen) atoms. The number of aromatic hydroxyl groups is 2. The summed E-state index contributed by atoms with van der Waals surface area (Å²) in [5.41, 5.74) is 0.627. The molecule has 6 nitrogen and oxygen atoms in total. The third kappa shape index (κ3) is 3.01. The van der Waals surface area contributed by atoms with Crippen molar-refractivity contribution in [3.63, 3.8) is 0 Å². The van der Waals surface area contributed by atoms with Crippen molar-refractivity contribution < 1.29 is 29.2 Å². The van der Waals surface area contributed by atoms with E-state index in [1.807, 2.05) is 0 Å². The van der Waals surface area contributed by atoms with E-state index in [2.05, 4.69) is 0 Å². The minimum atomic E-state index is -0.556. The first-order valence-electron chi connectivity index (χ1n) is 6.80. The summed E-state index contributed by atoms with van der Waals surface area (Å²) in [6.07, 6.45) is 0. The topological polar surface area (TPSA) is 85.2 Å². The van der Waals surface area contributed by atoms with Gasteiger partial charge >= 0.3 is 0 Å². The highest BCUT2D eigenvalue weighted by molar-refractivity contribution is 6.15. The van der Waals surface area contributed by atoms with Gasteiger partial charge < -0.3 is 24.4 Å². The van der Waals surface area contributed by atoms with E-state index in [0.29, 0.717) is 17.1 Å². The molecule has 0 aliphatic heterocycles. The molecular formula is C17H18O6. The van der Waals surface area contributed by atoms with Crippen molar-refractivity contribution in [3.8, 4) is 28.7 Å². The van der Waals surface area contributed by atoms with E-state index in [1.165, 1.54) is 33.5 Å². The first-order chi connectivity index (χ1) is 10.9. The lowest BCUT2D eigenvalue weighted by Gasteiger charge is -2.14. The van der Waals surface area contributed by atoms with E-state index < -0.39 is 5.78 Å². The van der Waals surface area contributed by atoms with Gasteiger partial charge in [0.05, 0.1) is 26.9 Å². The maximum absolute atomic E-state index is 12.8. The highest BCUT2D eigenvalue weighted by Gasteiger charge is 2.25. The monoisotopic (exact) mass is 318 g/mol. The van der Waals surface area contributed by atoms with Gasteiger partial charge in [0, 0.05) is 18.2 Å². The fourth-order valence-electron chi connectivity index (χ4n) is 2.35. The summed E-state index contributed by atoms with van der Waals surface area (Å²) in [5.74, 6) is -0.219. The van der Waals surface area contributed by atoms with Crippen molar-refractivity contribution in [2.75, 3.05) is 21.3 Å². The van der Waals surface area contributed by atoms with Crippen LogP contribution in [0, 0.1) is 6.92 Å². The van der Waals surface area contributed by atoms with Crippen LogP contribution in [0.3, 0.4) is 0 Å². The zero-order valence-corrected chi connectivity index (χ0v) is 13.3. The summed E-state index contributed by atoms with van der Waals surface area (Å²) in [6, 6.07) is 5.77. The van der Waals surface area contributed by atoms with Crippen molar-refractivity contribution >= 4 is 5.78 Å². The van der Waals surface area contributed by atoms with Gasteiger partial charge in [0.2, 0.25) is 5.78 Å². The molecule has 0 radical (unpaired) electrons. The minimum Gasteiger partial charge on any atom is -0.507 e. The molecule has 0 bridgehead atoms. The van der Waals surface area contributed by atoms with Gasteiger partial charge in [-0.25, -0.2) is 0 Å². The Morgan fingerprint density at radius 2 is 1.35 bits per heavy atom. The van der Waals surface area contributed by atoms with Crippen LogP contribution < -0.4 is 14.2 Å². The van der Waals surface area contributed by atoms with Crippen molar-refractivity contribution in [3.05, 3.63) is 41.0 Å². The number of carbonyl (C=O) groups is 1. The number of hydrogen-bond donors (Lipinski definition) is 2. The van der Waals surface area contributed by atoms with Gasteiger partial charge in [-0.2, -0.15) is 0 Å². The second-order valence-corrected chi connectivity index (χ2v) is 4.89. The number of carbonyl (C=O) groups excluding carboxylic acids is 1. The van der Waals surface area contributed by atoms with Gasteiger partial charge in [-0.1, -0.05) is 0 Å². The van der Waals surface area contributed by atoms with Crippen LogP contribution in [0.2, 0.25) is 0 Å². The van der Waals surface area contributed by atoms with Crippen LogP contribution in [0.1, 0.15) is 21.5 Å². The van der Waals surface area contributed by atoms with Crippen LogP contribution in [0.5, 0.6) is 28.7 Å². The van der Waals surface area contributed by atoms with Gasteiger partial charge in [-0.3, -0.25) is 4.79 Å². The Bertz CT molecular complexity index is 728. The molecule has 0 amide bonds. The standard InChI is InChI=1S/C17H18O6/c1-9-5-10(21-2)8-14(23-4)15(9)17(20)16-12(18)6-11(22-3)7-13(16)19/h5-8,18-19H,1-4H3. The van der Waals surface area contributed by atoms with E-state index in [4.69, 9.17) is 14.2 Å². The molecule has 0 aliphatic rings. The van der Waals surface area contributed by atoms with Crippen molar-refractivity contribution in [2.24, 2.45) is 0 Å². The molecule has 0 spiro atoms. The fraction of sp³-hybridized carbons (Fsp3) is 0.235. The van der Waals surface area contributed by atoms with Gasteiger partial charge in [-0.05, 0) is 18.6 Å². The normalized spacial score (nSPS) is 10.3. The van der Waals surface area contributed by atoms with Crippen LogP contribution in [-0.2, 0) is 0 Å². The zero-order valence-electron chi connectivity index (χ0n) is 13.3. The Morgan fingerprint density at radius 1 is 0.826 bits per heavy atom. The van der Waals surface area contributed by atoms with Gasteiger partial charge in [0.25, 0.3) is 0 Å². The molecule has 0 fully saturated rings. The Kier molecular flexibility index (Phi) is 4.64. The van der Waals surface area contributed by atoms with Gasteiger partial charge in [0.1, 0.15) is 34.3 Å². The number of methoxy groups -OCH3 is 3. The molecule has 2 aromatic rings. The van der Waals surface area contributed by atoms with Crippen molar-refractivity contribution in [1.82, 2.24) is 0 Å². The van der Waals surface area contributed by atoms with E-state index in [1.54, 1.807) is 19.1 Å². The zero-order chi connectivity index (χ0) is 17.1. The van der Waals surface area contributed by atoms with Crippen LogP contribution in [0.4, 0.5) is 0 Å². The largest absolute Gasteiger partial charge is 0.507 e. The molecule has 0 atom stereocenters. The molecule has 122 valence electrons. The fourth-order valence-corrected chi connectivity index (χ4v) is 2.35. The van der Waals surface area contributed by atoms with Gasteiger partial charge in [-0.15, -0.1) is 0 Å². The lowest BCUT2D eigenvalue weighted by atomic mass is 9.96. The number of hydrogen-bond acceptors (Lipinski definition) is 6. The maximum atomic E-state index is 12.8. The summed E-state index contributed by atoms with van der Waals surface area (Å²) in [6.45, 7) is 1.72. The first-order valence-corrected chi connectivity index (χ1v) is 6.80. The Hall–Kier alpha value is -2.89. The summed E-state index contributed by atoms with van der Waals surface area (Å²) in [4.78, 5) is 12.8. The molecule has 0 unspecified atom stereocenters. The lowest BCUT2D eigenvalue weighted by molar-refractivity contribution is 0.103. The highest BCUT2D eigenvalue weighted by Crippen LogP contribution is 2.37. The lowest BCUT2D eigenvalue weighted by Crippen LogP contribution is -2.08. The van der Waals surface area contributed by atoms with Crippen LogP contribution >= 0.6 is 0 Å².